The number of anilines is 2. The first-order chi connectivity index (χ1) is 15.4. The number of hydrogen-bond donors (Lipinski definition) is 2. The third-order valence-corrected chi connectivity index (χ3v) is 5.87. The smallest absolute Gasteiger partial charge is 0.255 e. The average Bonchev–Trinajstić information content (AvgIpc) is 2.80. The molecule has 4 aromatic carbocycles. The van der Waals surface area contributed by atoms with Crippen LogP contribution in [0, 0.1) is 13.8 Å². The molecular weight excluding hydrogens is 392 g/mol. The summed E-state index contributed by atoms with van der Waals surface area (Å²) in [5, 5.41) is 3.02. The van der Waals surface area contributed by atoms with Crippen molar-refractivity contribution in [3.63, 3.8) is 0 Å². The Balaban J connectivity index is 1.49. The van der Waals surface area contributed by atoms with E-state index in [0.717, 1.165) is 51.2 Å². The molecule has 0 aliphatic rings. The van der Waals surface area contributed by atoms with Crippen LogP contribution in [0.5, 0.6) is 0 Å². The molecule has 0 atom stereocenters. The lowest BCUT2D eigenvalue weighted by atomic mass is 9.96. The molecule has 3 N–H and O–H groups in total. The molecule has 0 heterocycles. The van der Waals surface area contributed by atoms with Gasteiger partial charge < -0.3 is 11.1 Å². The van der Waals surface area contributed by atoms with Crippen LogP contribution in [0.1, 0.15) is 34.0 Å². The standard InChI is InChI=1S/C29H28N2O/c1-4-21-5-7-22(8-6-21)23-9-11-24(12-10-23)29(32)31-26-14-16-28(20(3)18-26)27-15-13-25(30)17-19(27)2/h5-18H,4,30H2,1-3H3,(H,31,32). The summed E-state index contributed by atoms with van der Waals surface area (Å²) in [5.41, 5.74) is 16.1. The molecule has 0 unspecified atom stereocenters. The van der Waals surface area contributed by atoms with E-state index in [-0.39, 0.29) is 5.91 Å². The SMILES string of the molecule is CCc1ccc(-c2ccc(C(=O)Nc3ccc(-c4ccc(N)cc4C)c(C)c3)cc2)cc1. The van der Waals surface area contributed by atoms with E-state index >= 15 is 0 Å². The highest BCUT2D eigenvalue weighted by Gasteiger charge is 2.10. The molecule has 0 bridgehead atoms. The molecule has 0 aliphatic carbocycles. The number of carbonyl (C=O) groups excluding carboxylic acids is 1. The Labute approximate surface area is 189 Å². The molecule has 4 rings (SSSR count). The molecule has 32 heavy (non-hydrogen) atoms. The molecular formula is C29H28N2O. The minimum Gasteiger partial charge on any atom is -0.399 e. The summed E-state index contributed by atoms with van der Waals surface area (Å²) >= 11 is 0. The molecule has 0 radical (unpaired) electrons. The molecule has 1 amide bonds. The first-order valence-corrected chi connectivity index (χ1v) is 10.9. The Morgan fingerprint density at radius 3 is 1.88 bits per heavy atom. The van der Waals surface area contributed by atoms with E-state index in [4.69, 9.17) is 5.73 Å². The summed E-state index contributed by atoms with van der Waals surface area (Å²) in [5.74, 6) is -0.117. The van der Waals surface area contributed by atoms with Crippen molar-refractivity contribution >= 4 is 17.3 Å². The quantitative estimate of drug-likeness (QED) is 0.340. The van der Waals surface area contributed by atoms with Gasteiger partial charge in [-0.1, -0.05) is 55.5 Å². The number of hydrogen-bond acceptors (Lipinski definition) is 2. The Hall–Kier alpha value is -3.85. The summed E-state index contributed by atoms with van der Waals surface area (Å²) in [4.78, 5) is 12.8. The molecule has 0 saturated carbocycles. The minimum absolute atomic E-state index is 0.117. The van der Waals surface area contributed by atoms with Crippen LogP contribution in [-0.4, -0.2) is 5.91 Å². The maximum atomic E-state index is 12.8. The van der Waals surface area contributed by atoms with E-state index in [1.807, 2.05) is 60.7 Å². The first-order valence-electron chi connectivity index (χ1n) is 10.9. The van der Waals surface area contributed by atoms with Crippen molar-refractivity contribution < 1.29 is 4.79 Å². The van der Waals surface area contributed by atoms with E-state index in [1.54, 1.807) is 0 Å². The van der Waals surface area contributed by atoms with Crippen LogP contribution in [0.4, 0.5) is 11.4 Å². The topological polar surface area (TPSA) is 55.1 Å². The zero-order chi connectivity index (χ0) is 22.7. The average molecular weight is 421 g/mol. The van der Waals surface area contributed by atoms with Gasteiger partial charge in [-0.2, -0.15) is 0 Å². The van der Waals surface area contributed by atoms with Gasteiger partial charge in [0.1, 0.15) is 0 Å². The maximum Gasteiger partial charge on any atom is 0.255 e. The normalized spacial score (nSPS) is 10.7. The third-order valence-electron chi connectivity index (χ3n) is 5.87. The summed E-state index contributed by atoms with van der Waals surface area (Å²) < 4.78 is 0. The maximum absolute atomic E-state index is 12.8. The van der Waals surface area contributed by atoms with Crippen LogP contribution in [0.15, 0.2) is 84.9 Å². The van der Waals surface area contributed by atoms with Gasteiger partial charge in [0.05, 0.1) is 0 Å². The number of carbonyl (C=O) groups is 1. The lowest BCUT2D eigenvalue weighted by molar-refractivity contribution is 0.102. The first kappa shape index (κ1) is 21.4. The molecule has 3 nitrogen and oxygen atoms in total. The van der Waals surface area contributed by atoms with Crippen molar-refractivity contribution in [2.24, 2.45) is 0 Å². The van der Waals surface area contributed by atoms with Crippen molar-refractivity contribution in [3.8, 4) is 22.3 Å². The Kier molecular flexibility index (Phi) is 6.09. The molecule has 160 valence electrons. The van der Waals surface area contributed by atoms with E-state index in [1.165, 1.54) is 5.56 Å². The summed E-state index contributed by atoms with van der Waals surface area (Å²) in [6.45, 7) is 6.26. The van der Waals surface area contributed by atoms with Crippen molar-refractivity contribution in [1.29, 1.82) is 0 Å². The van der Waals surface area contributed by atoms with E-state index in [2.05, 4.69) is 50.4 Å². The number of nitrogen functional groups attached to an aromatic ring is 1. The van der Waals surface area contributed by atoms with Crippen molar-refractivity contribution in [3.05, 3.63) is 107 Å². The minimum atomic E-state index is -0.117. The van der Waals surface area contributed by atoms with Crippen LogP contribution >= 0.6 is 0 Å². The number of amides is 1. The van der Waals surface area contributed by atoms with E-state index < -0.39 is 0 Å². The highest BCUT2D eigenvalue weighted by Crippen LogP contribution is 2.30. The third kappa shape index (κ3) is 4.57. The molecule has 0 fully saturated rings. The number of aryl methyl sites for hydroxylation is 3. The lowest BCUT2D eigenvalue weighted by Gasteiger charge is -2.13. The molecule has 0 aliphatic heterocycles. The number of nitrogens with two attached hydrogens (primary N) is 1. The van der Waals surface area contributed by atoms with Crippen molar-refractivity contribution in [2.75, 3.05) is 11.1 Å². The molecule has 4 aromatic rings. The second kappa shape index (κ2) is 9.11. The van der Waals surface area contributed by atoms with Gasteiger partial charge >= 0.3 is 0 Å². The van der Waals surface area contributed by atoms with E-state index in [0.29, 0.717) is 5.56 Å². The van der Waals surface area contributed by atoms with Crippen LogP contribution in [-0.2, 0) is 6.42 Å². The van der Waals surface area contributed by atoms with Crippen LogP contribution in [0.25, 0.3) is 22.3 Å². The zero-order valence-corrected chi connectivity index (χ0v) is 18.8. The van der Waals surface area contributed by atoms with Crippen molar-refractivity contribution in [2.45, 2.75) is 27.2 Å². The van der Waals surface area contributed by atoms with Gasteiger partial charge in [-0.05, 0) is 95.6 Å². The van der Waals surface area contributed by atoms with Gasteiger partial charge in [-0.25, -0.2) is 0 Å². The summed E-state index contributed by atoms with van der Waals surface area (Å²) in [6.07, 6.45) is 1.03. The largest absolute Gasteiger partial charge is 0.399 e. The van der Waals surface area contributed by atoms with Gasteiger partial charge in [0, 0.05) is 16.9 Å². The van der Waals surface area contributed by atoms with Gasteiger partial charge in [-0.15, -0.1) is 0 Å². The Morgan fingerprint density at radius 2 is 1.31 bits per heavy atom. The van der Waals surface area contributed by atoms with Gasteiger partial charge in [0.25, 0.3) is 5.91 Å². The van der Waals surface area contributed by atoms with Gasteiger partial charge in [0.2, 0.25) is 0 Å². The summed E-state index contributed by atoms with van der Waals surface area (Å²) in [7, 11) is 0. The second-order valence-electron chi connectivity index (χ2n) is 8.19. The fraction of sp³-hybridized carbons (Fsp3) is 0.138. The molecule has 0 spiro atoms. The lowest BCUT2D eigenvalue weighted by Crippen LogP contribution is -2.11. The second-order valence-corrected chi connectivity index (χ2v) is 8.19. The predicted octanol–water partition coefficient (Wildman–Crippen LogP) is 7.03. The fourth-order valence-electron chi connectivity index (χ4n) is 3.98. The highest BCUT2D eigenvalue weighted by atomic mass is 16.1. The number of benzene rings is 4. The Morgan fingerprint density at radius 1 is 0.750 bits per heavy atom. The van der Waals surface area contributed by atoms with Crippen LogP contribution < -0.4 is 11.1 Å². The number of rotatable bonds is 5. The molecule has 0 saturated heterocycles. The van der Waals surface area contributed by atoms with Crippen LogP contribution in [0.3, 0.4) is 0 Å². The molecule has 3 heteroatoms. The van der Waals surface area contributed by atoms with E-state index in [9.17, 15) is 4.79 Å². The predicted molar refractivity (Wildman–Crippen MR) is 135 cm³/mol. The number of nitrogens with one attached hydrogen (secondary N) is 1. The fourth-order valence-corrected chi connectivity index (χ4v) is 3.98. The van der Waals surface area contributed by atoms with Gasteiger partial charge in [0.15, 0.2) is 0 Å². The van der Waals surface area contributed by atoms with Crippen molar-refractivity contribution in [1.82, 2.24) is 0 Å². The molecule has 0 aromatic heterocycles. The monoisotopic (exact) mass is 420 g/mol. The van der Waals surface area contributed by atoms with Gasteiger partial charge in [-0.3, -0.25) is 4.79 Å². The summed E-state index contributed by atoms with van der Waals surface area (Å²) in [6, 6.07) is 28.2. The highest BCUT2D eigenvalue weighted by molar-refractivity contribution is 6.04. The Bertz CT molecular complexity index is 1260. The zero-order valence-electron chi connectivity index (χ0n) is 18.8. The van der Waals surface area contributed by atoms with Crippen LogP contribution in [0.2, 0.25) is 0 Å².